The minimum absolute atomic E-state index is 0. The average molecular weight is 371 g/mol. The second-order valence-corrected chi connectivity index (χ2v) is 5.54. The number of nitrogens with two attached hydrogens (primary N) is 1. The third-order valence-corrected chi connectivity index (χ3v) is 3.27. The molecule has 0 spiro atoms. The van der Waals surface area contributed by atoms with E-state index in [1.807, 2.05) is 32.3 Å². The molecular formula is C17H24Cl2N4O. The van der Waals surface area contributed by atoms with Gasteiger partial charge in [0.25, 0.3) is 0 Å². The Morgan fingerprint density at radius 2 is 1.79 bits per heavy atom. The first-order chi connectivity index (χ1) is 10.5. The molecule has 0 fully saturated rings. The molecule has 1 aromatic heterocycles. The standard InChI is InChI=1S/C17H22N4O.2ClH/c1-21(2)12-14-6-4-3-5-13(14)10-20-17(22)9-16-8-7-15(18)11-19-16;;/h3-8,11H,9-10,12,18H2,1-2H3,(H,20,22);2*1H. The van der Waals surface area contributed by atoms with E-state index in [-0.39, 0.29) is 37.1 Å². The number of amides is 1. The number of hydrogen-bond acceptors (Lipinski definition) is 4. The first-order valence-electron chi connectivity index (χ1n) is 7.23. The van der Waals surface area contributed by atoms with Crippen LogP contribution in [0.2, 0.25) is 0 Å². The topological polar surface area (TPSA) is 71.2 Å². The number of nitrogen functional groups attached to an aromatic ring is 1. The van der Waals surface area contributed by atoms with Crippen LogP contribution >= 0.6 is 24.8 Å². The lowest BCUT2D eigenvalue weighted by atomic mass is 10.1. The van der Waals surface area contributed by atoms with Crippen molar-refractivity contribution in [3.63, 3.8) is 0 Å². The van der Waals surface area contributed by atoms with E-state index in [0.29, 0.717) is 17.9 Å². The van der Waals surface area contributed by atoms with E-state index in [0.717, 1.165) is 12.1 Å². The van der Waals surface area contributed by atoms with Gasteiger partial charge in [0.05, 0.1) is 18.3 Å². The number of aromatic nitrogens is 1. The SMILES string of the molecule is CN(C)Cc1ccccc1CNC(=O)Cc1ccc(N)cn1.Cl.Cl. The first kappa shape index (κ1) is 22.2. The Morgan fingerprint density at radius 1 is 1.12 bits per heavy atom. The second kappa shape index (κ2) is 10.9. The van der Waals surface area contributed by atoms with Crippen LogP contribution in [0.1, 0.15) is 16.8 Å². The minimum atomic E-state index is -0.0445. The molecule has 0 saturated carbocycles. The van der Waals surface area contributed by atoms with Gasteiger partial charge < -0.3 is 16.0 Å². The maximum absolute atomic E-state index is 12.0. The van der Waals surface area contributed by atoms with Gasteiger partial charge in [0, 0.05) is 18.8 Å². The third-order valence-electron chi connectivity index (χ3n) is 3.27. The van der Waals surface area contributed by atoms with E-state index in [9.17, 15) is 4.79 Å². The van der Waals surface area contributed by atoms with Crippen LogP contribution in [-0.2, 0) is 24.3 Å². The molecule has 0 radical (unpaired) electrons. The van der Waals surface area contributed by atoms with Crippen molar-refractivity contribution in [1.82, 2.24) is 15.2 Å². The summed E-state index contributed by atoms with van der Waals surface area (Å²) in [6.45, 7) is 1.38. The number of benzene rings is 1. The number of nitrogens with one attached hydrogen (secondary N) is 1. The summed E-state index contributed by atoms with van der Waals surface area (Å²) in [6.07, 6.45) is 1.82. The summed E-state index contributed by atoms with van der Waals surface area (Å²) >= 11 is 0. The van der Waals surface area contributed by atoms with Gasteiger partial charge >= 0.3 is 0 Å². The molecule has 0 saturated heterocycles. The number of rotatable bonds is 6. The van der Waals surface area contributed by atoms with Gasteiger partial charge in [0.15, 0.2) is 0 Å². The molecule has 0 aliphatic heterocycles. The van der Waals surface area contributed by atoms with E-state index in [1.165, 1.54) is 5.56 Å². The zero-order chi connectivity index (χ0) is 15.9. The Hall–Kier alpha value is -1.82. The third kappa shape index (κ3) is 7.17. The zero-order valence-corrected chi connectivity index (χ0v) is 15.5. The molecule has 5 nitrogen and oxygen atoms in total. The number of carbonyl (C=O) groups is 1. The fourth-order valence-electron chi connectivity index (χ4n) is 2.19. The molecule has 7 heteroatoms. The highest BCUT2D eigenvalue weighted by molar-refractivity contribution is 5.85. The van der Waals surface area contributed by atoms with Crippen molar-refractivity contribution in [1.29, 1.82) is 0 Å². The van der Waals surface area contributed by atoms with Crippen molar-refractivity contribution < 1.29 is 4.79 Å². The number of anilines is 1. The minimum Gasteiger partial charge on any atom is -0.397 e. The molecular weight excluding hydrogens is 347 g/mol. The Morgan fingerprint density at radius 3 is 2.38 bits per heavy atom. The Kier molecular flexibility index (Phi) is 10.0. The summed E-state index contributed by atoms with van der Waals surface area (Å²) in [5.41, 5.74) is 9.25. The lowest BCUT2D eigenvalue weighted by Gasteiger charge is -2.14. The van der Waals surface area contributed by atoms with Crippen molar-refractivity contribution >= 4 is 36.4 Å². The van der Waals surface area contributed by atoms with Crippen molar-refractivity contribution in [3.8, 4) is 0 Å². The Balaban J connectivity index is 0.00000264. The molecule has 1 heterocycles. The van der Waals surface area contributed by atoms with E-state index in [2.05, 4.69) is 21.3 Å². The molecule has 0 aliphatic carbocycles. The van der Waals surface area contributed by atoms with E-state index < -0.39 is 0 Å². The summed E-state index contributed by atoms with van der Waals surface area (Å²) in [5.74, 6) is -0.0445. The van der Waals surface area contributed by atoms with Crippen LogP contribution in [0.25, 0.3) is 0 Å². The molecule has 0 atom stereocenters. The van der Waals surface area contributed by atoms with Crippen molar-refractivity contribution in [3.05, 3.63) is 59.4 Å². The van der Waals surface area contributed by atoms with Crippen LogP contribution < -0.4 is 11.1 Å². The van der Waals surface area contributed by atoms with E-state index >= 15 is 0 Å². The number of hydrogen-bond donors (Lipinski definition) is 2. The van der Waals surface area contributed by atoms with Crippen LogP contribution in [0.4, 0.5) is 5.69 Å². The maximum Gasteiger partial charge on any atom is 0.226 e. The summed E-state index contributed by atoms with van der Waals surface area (Å²) in [4.78, 5) is 18.3. The molecule has 24 heavy (non-hydrogen) atoms. The van der Waals surface area contributed by atoms with Crippen LogP contribution in [0, 0.1) is 0 Å². The highest BCUT2D eigenvalue weighted by Gasteiger charge is 2.07. The predicted octanol–water partition coefficient (Wildman–Crippen LogP) is 2.43. The highest BCUT2D eigenvalue weighted by Crippen LogP contribution is 2.10. The van der Waals surface area contributed by atoms with Gasteiger partial charge in [0.1, 0.15) is 0 Å². The lowest BCUT2D eigenvalue weighted by molar-refractivity contribution is -0.120. The Bertz CT molecular complexity index is 633. The number of nitrogens with zero attached hydrogens (tertiary/aromatic N) is 2. The molecule has 1 aromatic carbocycles. The summed E-state index contributed by atoms with van der Waals surface area (Å²) < 4.78 is 0. The molecule has 0 bridgehead atoms. The fourth-order valence-corrected chi connectivity index (χ4v) is 2.19. The first-order valence-corrected chi connectivity index (χ1v) is 7.23. The van der Waals surface area contributed by atoms with Gasteiger partial charge in [-0.2, -0.15) is 0 Å². The molecule has 1 amide bonds. The van der Waals surface area contributed by atoms with Gasteiger partial charge in [-0.15, -0.1) is 24.8 Å². The number of halogens is 2. The van der Waals surface area contributed by atoms with Gasteiger partial charge in [-0.1, -0.05) is 24.3 Å². The molecule has 2 aromatic rings. The second-order valence-electron chi connectivity index (χ2n) is 5.54. The maximum atomic E-state index is 12.0. The summed E-state index contributed by atoms with van der Waals surface area (Å²) in [7, 11) is 4.06. The monoisotopic (exact) mass is 370 g/mol. The van der Waals surface area contributed by atoms with Crippen molar-refractivity contribution in [2.24, 2.45) is 0 Å². The largest absolute Gasteiger partial charge is 0.397 e. The van der Waals surface area contributed by atoms with Crippen LogP contribution in [0.5, 0.6) is 0 Å². The highest BCUT2D eigenvalue weighted by atomic mass is 35.5. The summed E-state index contributed by atoms with van der Waals surface area (Å²) in [6, 6.07) is 11.7. The normalized spacial score (nSPS) is 9.79. The molecule has 0 unspecified atom stereocenters. The smallest absolute Gasteiger partial charge is 0.226 e. The zero-order valence-electron chi connectivity index (χ0n) is 13.9. The Labute approximate surface area is 155 Å². The lowest BCUT2D eigenvalue weighted by Crippen LogP contribution is -2.26. The molecule has 0 aliphatic rings. The fraction of sp³-hybridized carbons (Fsp3) is 0.294. The van der Waals surface area contributed by atoms with Crippen LogP contribution in [-0.4, -0.2) is 29.9 Å². The number of pyridine rings is 1. The van der Waals surface area contributed by atoms with E-state index in [4.69, 9.17) is 5.73 Å². The van der Waals surface area contributed by atoms with Gasteiger partial charge in [0.2, 0.25) is 5.91 Å². The summed E-state index contributed by atoms with van der Waals surface area (Å²) in [5, 5.41) is 2.95. The van der Waals surface area contributed by atoms with Gasteiger partial charge in [-0.25, -0.2) is 0 Å². The van der Waals surface area contributed by atoms with Gasteiger partial charge in [-0.3, -0.25) is 9.78 Å². The van der Waals surface area contributed by atoms with Crippen LogP contribution in [0.15, 0.2) is 42.6 Å². The quantitative estimate of drug-likeness (QED) is 0.818. The van der Waals surface area contributed by atoms with Crippen molar-refractivity contribution in [2.75, 3.05) is 19.8 Å². The molecule has 3 N–H and O–H groups in total. The average Bonchev–Trinajstić information content (AvgIpc) is 2.48. The van der Waals surface area contributed by atoms with E-state index in [1.54, 1.807) is 18.3 Å². The van der Waals surface area contributed by atoms with Crippen molar-refractivity contribution in [2.45, 2.75) is 19.5 Å². The molecule has 2 rings (SSSR count). The predicted molar refractivity (Wildman–Crippen MR) is 103 cm³/mol. The van der Waals surface area contributed by atoms with Crippen LogP contribution in [0.3, 0.4) is 0 Å². The number of carbonyl (C=O) groups excluding carboxylic acids is 1. The van der Waals surface area contributed by atoms with Gasteiger partial charge in [-0.05, 0) is 37.4 Å². The molecule has 132 valence electrons.